The lowest BCUT2D eigenvalue weighted by Gasteiger charge is -2.13. The Labute approximate surface area is 184 Å². The number of nitrogens with one attached hydrogen (secondary N) is 1. The van der Waals surface area contributed by atoms with Gasteiger partial charge < -0.3 is 4.42 Å². The van der Waals surface area contributed by atoms with Gasteiger partial charge >= 0.3 is 6.01 Å². The van der Waals surface area contributed by atoms with E-state index in [2.05, 4.69) is 20.5 Å². The van der Waals surface area contributed by atoms with Crippen molar-refractivity contribution < 1.29 is 18.0 Å². The fourth-order valence-corrected chi connectivity index (χ4v) is 3.69. The molecule has 0 aliphatic heterocycles. The predicted octanol–water partition coefficient (Wildman–Crippen LogP) is 3.90. The summed E-state index contributed by atoms with van der Waals surface area (Å²) < 4.78 is 34.3. The first-order valence-electron chi connectivity index (χ1n) is 9.56. The fourth-order valence-electron chi connectivity index (χ4n) is 2.89. The molecule has 0 fully saturated rings. The van der Waals surface area contributed by atoms with E-state index in [4.69, 9.17) is 4.42 Å². The highest BCUT2D eigenvalue weighted by molar-refractivity contribution is 7.99. The van der Waals surface area contributed by atoms with Gasteiger partial charge in [-0.1, -0.05) is 42.8 Å². The van der Waals surface area contributed by atoms with Crippen molar-refractivity contribution in [2.75, 3.05) is 11.1 Å². The molecule has 0 saturated heterocycles. The van der Waals surface area contributed by atoms with Crippen molar-refractivity contribution in [3.05, 3.63) is 70.3 Å². The maximum atomic E-state index is 14.5. The molecular weight excluding hydrogens is 440 g/mol. The first-order valence-corrected chi connectivity index (χ1v) is 10.6. The monoisotopic (exact) mass is 457 g/mol. The Balaban J connectivity index is 1.66. The normalized spacial score (nSPS) is 11.3. The first-order chi connectivity index (χ1) is 15.3. The molecule has 32 heavy (non-hydrogen) atoms. The van der Waals surface area contributed by atoms with Gasteiger partial charge in [-0.3, -0.25) is 19.5 Å². The van der Waals surface area contributed by atoms with Crippen molar-refractivity contribution in [2.24, 2.45) is 0 Å². The lowest BCUT2D eigenvalue weighted by atomic mass is 10.2. The predicted molar refractivity (Wildman–Crippen MR) is 115 cm³/mol. The summed E-state index contributed by atoms with van der Waals surface area (Å²) in [6, 6.07) is 9.39. The Morgan fingerprint density at radius 2 is 1.97 bits per heavy atom. The highest BCUT2D eigenvalue weighted by Gasteiger charge is 2.18. The van der Waals surface area contributed by atoms with Crippen LogP contribution in [0.2, 0.25) is 0 Å². The van der Waals surface area contributed by atoms with E-state index in [1.807, 2.05) is 13.8 Å². The second kappa shape index (κ2) is 8.87. The molecule has 2 aromatic heterocycles. The van der Waals surface area contributed by atoms with E-state index in [1.54, 1.807) is 24.3 Å². The molecule has 164 valence electrons. The Bertz CT molecular complexity index is 1370. The van der Waals surface area contributed by atoms with Crippen LogP contribution in [0.5, 0.6) is 0 Å². The smallest absolute Gasteiger partial charge is 0.322 e. The van der Waals surface area contributed by atoms with E-state index in [-0.39, 0.29) is 33.9 Å². The minimum atomic E-state index is -0.928. The number of anilines is 1. The summed E-state index contributed by atoms with van der Waals surface area (Å²) in [5, 5.41) is 10.4. The van der Waals surface area contributed by atoms with E-state index in [1.165, 1.54) is 0 Å². The maximum Gasteiger partial charge on any atom is 0.322 e. The van der Waals surface area contributed by atoms with E-state index in [0.717, 1.165) is 28.5 Å². The molecule has 0 unspecified atom stereocenters. The quantitative estimate of drug-likeness (QED) is 0.346. The van der Waals surface area contributed by atoms with Crippen molar-refractivity contribution in [2.45, 2.75) is 24.9 Å². The van der Waals surface area contributed by atoms with Gasteiger partial charge in [0.05, 0.1) is 22.3 Å². The van der Waals surface area contributed by atoms with Gasteiger partial charge in [0.25, 0.3) is 5.56 Å². The Kier molecular flexibility index (Phi) is 5.99. The number of nitrogens with zero attached hydrogens (tertiary/aromatic N) is 4. The summed E-state index contributed by atoms with van der Waals surface area (Å²) in [6.07, 6.45) is 0. The molecule has 2 heterocycles. The summed E-state index contributed by atoms with van der Waals surface area (Å²) in [5.74, 6) is -1.98. The average Bonchev–Trinajstić information content (AvgIpc) is 3.22. The summed E-state index contributed by atoms with van der Waals surface area (Å²) in [6.45, 7) is 3.74. The zero-order valence-electron chi connectivity index (χ0n) is 17.0. The minimum absolute atomic E-state index is 0.00404. The molecule has 0 spiro atoms. The number of rotatable bonds is 6. The van der Waals surface area contributed by atoms with Gasteiger partial charge in [-0.15, -0.1) is 5.10 Å². The largest absolute Gasteiger partial charge is 0.408 e. The Hall–Kier alpha value is -3.60. The molecule has 0 aliphatic carbocycles. The van der Waals surface area contributed by atoms with Crippen molar-refractivity contribution in [3.8, 4) is 5.69 Å². The fraction of sp³-hybridized carbons (Fsp3) is 0.190. The molecule has 4 rings (SSSR count). The second-order valence-corrected chi connectivity index (χ2v) is 8.03. The molecular formula is C21H17F2N5O3S. The van der Waals surface area contributed by atoms with Crippen LogP contribution in [0, 0.1) is 11.6 Å². The van der Waals surface area contributed by atoms with Gasteiger partial charge in [-0.2, -0.15) is 0 Å². The van der Waals surface area contributed by atoms with Crippen LogP contribution in [0.3, 0.4) is 0 Å². The molecule has 1 N–H and O–H groups in total. The lowest BCUT2D eigenvalue weighted by Crippen LogP contribution is -2.23. The molecule has 11 heteroatoms. The van der Waals surface area contributed by atoms with Crippen LogP contribution >= 0.6 is 11.8 Å². The summed E-state index contributed by atoms with van der Waals surface area (Å²) in [5.41, 5.74) is -0.323. The highest BCUT2D eigenvalue weighted by atomic mass is 32.2. The highest BCUT2D eigenvalue weighted by Crippen LogP contribution is 2.24. The molecule has 0 radical (unpaired) electrons. The third-order valence-corrected chi connectivity index (χ3v) is 5.35. The number of hydrogen-bond acceptors (Lipinski definition) is 7. The zero-order chi connectivity index (χ0) is 22.8. The molecule has 0 aliphatic rings. The van der Waals surface area contributed by atoms with E-state index in [9.17, 15) is 18.4 Å². The van der Waals surface area contributed by atoms with Crippen LogP contribution in [-0.2, 0) is 4.79 Å². The van der Waals surface area contributed by atoms with E-state index < -0.39 is 23.1 Å². The molecule has 0 bridgehead atoms. The summed E-state index contributed by atoms with van der Waals surface area (Å²) in [7, 11) is 0. The average molecular weight is 457 g/mol. The van der Waals surface area contributed by atoms with Crippen molar-refractivity contribution in [1.29, 1.82) is 0 Å². The van der Waals surface area contributed by atoms with Gasteiger partial charge in [0.15, 0.2) is 5.16 Å². The number of carbonyl (C=O) groups is 1. The van der Waals surface area contributed by atoms with Crippen LogP contribution < -0.4 is 10.9 Å². The van der Waals surface area contributed by atoms with E-state index in [0.29, 0.717) is 17.5 Å². The number of benzene rings is 2. The number of carbonyl (C=O) groups excluding carboxylic acids is 1. The van der Waals surface area contributed by atoms with Gasteiger partial charge in [0.1, 0.15) is 11.6 Å². The van der Waals surface area contributed by atoms with Crippen LogP contribution in [0.15, 0.2) is 56.8 Å². The van der Waals surface area contributed by atoms with Crippen LogP contribution in [0.4, 0.5) is 14.8 Å². The Morgan fingerprint density at radius 3 is 2.69 bits per heavy atom. The number of halogens is 2. The van der Waals surface area contributed by atoms with E-state index >= 15 is 0 Å². The minimum Gasteiger partial charge on any atom is -0.408 e. The van der Waals surface area contributed by atoms with Crippen molar-refractivity contribution in [3.63, 3.8) is 0 Å². The standard InChI is InChI=1S/C21H17F2N5O3S/c1-11(2)18-26-27-20(31-18)25-17(29)10-32-21-24-15-6-4-3-5-13(15)19(30)28(21)16-8-7-12(22)9-14(16)23/h3-9,11H,10H2,1-2H3,(H,25,27,29). The van der Waals surface area contributed by atoms with Crippen LogP contribution in [-0.4, -0.2) is 31.4 Å². The topological polar surface area (TPSA) is 103 Å². The lowest BCUT2D eigenvalue weighted by molar-refractivity contribution is -0.113. The number of amides is 1. The maximum absolute atomic E-state index is 14.5. The zero-order valence-corrected chi connectivity index (χ0v) is 17.8. The van der Waals surface area contributed by atoms with Gasteiger partial charge in [0, 0.05) is 12.0 Å². The molecule has 0 saturated carbocycles. The van der Waals surface area contributed by atoms with Gasteiger partial charge in [0.2, 0.25) is 11.8 Å². The van der Waals surface area contributed by atoms with Gasteiger partial charge in [-0.25, -0.2) is 13.8 Å². The summed E-state index contributed by atoms with van der Waals surface area (Å²) in [4.78, 5) is 29.9. The number of aromatic nitrogens is 4. The molecule has 0 atom stereocenters. The molecule has 8 nitrogen and oxygen atoms in total. The first kappa shape index (κ1) is 21.6. The molecule has 1 amide bonds. The van der Waals surface area contributed by atoms with Crippen LogP contribution in [0.1, 0.15) is 25.7 Å². The molecule has 4 aromatic rings. The summed E-state index contributed by atoms with van der Waals surface area (Å²) >= 11 is 0.914. The number of para-hydroxylation sites is 1. The molecule has 2 aromatic carbocycles. The van der Waals surface area contributed by atoms with Crippen LogP contribution in [0.25, 0.3) is 16.6 Å². The SMILES string of the molecule is CC(C)c1nnc(NC(=O)CSc2nc3ccccc3c(=O)n2-c2ccc(F)cc2F)o1. The second-order valence-electron chi connectivity index (χ2n) is 7.08. The van der Waals surface area contributed by atoms with Crippen molar-refractivity contribution >= 4 is 34.6 Å². The number of fused-ring (bicyclic) bond motifs is 1. The van der Waals surface area contributed by atoms with Crippen molar-refractivity contribution in [1.82, 2.24) is 19.7 Å². The number of hydrogen-bond donors (Lipinski definition) is 1. The third kappa shape index (κ3) is 4.37. The Morgan fingerprint density at radius 1 is 1.19 bits per heavy atom. The third-order valence-electron chi connectivity index (χ3n) is 4.41. The van der Waals surface area contributed by atoms with Gasteiger partial charge in [-0.05, 0) is 24.3 Å². The number of thioether (sulfide) groups is 1.